The minimum atomic E-state index is -0.439. The van der Waals surface area contributed by atoms with Crippen molar-refractivity contribution in [3.8, 4) is 0 Å². The number of alkyl carbamates (subject to hydrolysis) is 1. The Morgan fingerprint density at radius 1 is 1.39 bits per heavy atom. The molecule has 0 aromatic heterocycles. The molecular formula is C14H28N2O2. The van der Waals surface area contributed by atoms with Crippen LogP contribution in [0.2, 0.25) is 0 Å². The fraction of sp³-hybridized carbons (Fsp3) is 0.929. The molecule has 0 aliphatic heterocycles. The Morgan fingerprint density at radius 3 is 2.39 bits per heavy atom. The maximum atomic E-state index is 11.9. The van der Waals surface area contributed by atoms with Crippen LogP contribution in [0.3, 0.4) is 0 Å². The minimum absolute atomic E-state index is 0.0873. The second-order valence-corrected chi connectivity index (χ2v) is 6.63. The molecule has 0 saturated heterocycles. The lowest BCUT2D eigenvalue weighted by Gasteiger charge is -2.32. The molecule has 3 N–H and O–H groups in total. The van der Waals surface area contributed by atoms with Crippen molar-refractivity contribution in [1.29, 1.82) is 0 Å². The Morgan fingerprint density at radius 2 is 1.94 bits per heavy atom. The molecule has 0 spiro atoms. The van der Waals surface area contributed by atoms with E-state index in [0.29, 0.717) is 0 Å². The van der Waals surface area contributed by atoms with Crippen LogP contribution in [0.1, 0.15) is 66.2 Å². The van der Waals surface area contributed by atoms with Crippen LogP contribution in [0.4, 0.5) is 4.79 Å². The van der Waals surface area contributed by atoms with Crippen LogP contribution in [0.25, 0.3) is 0 Å². The zero-order valence-corrected chi connectivity index (χ0v) is 12.2. The average molecular weight is 256 g/mol. The molecule has 0 heterocycles. The topological polar surface area (TPSA) is 64.3 Å². The zero-order valence-electron chi connectivity index (χ0n) is 12.2. The Kier molecular flexibility index (Phi) is 5.02. The Labute approximate surface area is 111 Å². The molecule has 1 amide bonds. The fourth-order valence-electron chi connectivity index (χ4n) is 2.51. The summed E-state index contributed by atoms with van der Waals surface area (Å²) in [6.07, 6.45) is 6.02. The average Bonchev–Trinajstić information content (AvgIpc) is 2.61. The van der Waals surface area contributed by atoms with Crippen molar-refractivity contribution in [2.45, 2.75) is 83.4 Å². The molecule has 106 valence electrons. The monoisotopic (exact) mass is 256 g/mol. The number of carbonyl (C=O) groups is 1. The van der Waals surface area contributed by atoms with Gasteiger partial charge < -0.3 is 15.8 Å². The number of nitrogens with two attached hydrogens (primary N) is 1. The van der Waals surface area contributed by atoms with Gasteiger partial charge in [-0.25, -0.2) is 4.79 Å². The van der Waals surface area contributed by atoms with Gasteiger partial charge in [-0.3, -0.25) is 0 Å². The molecule has 4 nitrogen and oxygen atoms in total. The standard InChI is InChI=1S/C14H28N2O2/c1-11(15)7-10-14(8-5-6-9-14)16-12(17)18-13(2,3)4/h11H,5-10,15H2,1-4H3,(H,16,17). The largest absolute Gasteiger partial charge is 0.444 e. The quantitative estimate of drug-likeness (QED) is 0.812. The summed E-state index contributed by atoms with van der Waals surface area (Å²) < 4.78 is 5.35. The van der Waals surface area contributed by atoms with Gasteiger partial charge in [-0.1, -0.05) is 12.8 Å². The highest BCUT2D eigenvalue weighted by molar-refractivity contribution is 5.68. The third-order valence-electron chi connectivity index (χ3n) is 3.41. The van der Waals surface area contributed by atoms with Crippen molar-refractivity contribution in [2.75, 3.05) is 0 Å². The highest BCUT2D eigenvalue weighted by Crippen LogP contribution is 2.34. The number of rotatable bonds is 4. The first-order valence-corrected chi connectivity index (χ1v) is 6.99. The SMILES string of the molecule is CC(N)CCC1(NC(=O)OC(C)(C)C)CCCC1. The van der Waals surface area contributed by atoms with Crippen molar-refractivity contribution >= 4 is 6.09 Å². The number of hydrogen-bond donors (Lipinski definition) is 2. The van der Waals surface area contributed by atoms with E-state index in [-0.39, 0.29) is 17.7 Å². The van der Waals surface area contributed by atoms with Crippen LogP contribution < -0.4 is 11.1 Å². The molecule has 1 rings (SSSR count). The fourth-order valence-corrected chi connectivity index (χ4v) is 2.51. The summed E-state index contributed by atoms with van der Waals surface area (Å²) in [7, 11) is 0. The van der Waals surface area contributed by atoms with E-state index in [9.17, 15) is 4.79 Å². The van der Waals surface area contributed by atoms with Crippen molar-refractivity contribution in [3.63, 3.8) is 0 Å². The van der Waals surface area contributed by atoms with Crippen molar-refractivity contribution < 1.29 is 9.53 Å². The molecule has 1 saturated carbocycles. The number of amides is 1. The van der Waals surface area contributed by atoms with Gasteiger partial charge in [0.15, 0.2) is 0 Å². The van der Waals surface area contributed by atoms with E-state index in [1.54, 1.807) is 0 Å². The molecule has 1 unspecified atom stereocenters. The summed E-state index contributed by atoms with van der Waals surface area (Å²) >= 11 is 0. The normalized spacial score (nSPS) is 20.5. The van der Waals surface area contributed by atoms with E-state index < -0.39 is 5.60 Å². The zero-order chi connectivity index (χ0) is 13.8. The summed E-state index contributed by atoms with van der Waals surface area (Å²) in [6.45, 7) is 7.66. The summed E-state index contributed by atoms with van der Waals surface area (Å²) in [5.74, 6) is 0. The van der Waals surface area contributed by atoms with Gasteiger partial charge in [0.1, 0.15) is 5.60 Å². The van der Waals surface area contributed by atoms with Gasteiger partial charge in [-0.05, 0) is 53.4 Å². The van der Waals surface area contributed by atoms with E-state index in [0.717, 1.165) is 25.7 Å². The summed E-state index contributed by atoms with van der Waals surface area (Å²) in [4.78, 5) is 11.9. The molecule has 0 bridgehead atoms. The molecule has 1 aliphatic rings. The highest BCUT2D eigenvalue weighted by atomic mass is 16.6. The van der Waals surface area contributed by atoms with Crippen LogP contribution in [-0.4, -0.2) is 23.3 Å². The second-order valence-electron chi connectivity index (χ2n) is 6.63. The summed E-state index contributed by atoms with van der Waals surface area (Å²) in [5.41, 5.74) is 5.29. The van der Waals surface area contributed by atoms with Gasteiger partial charge in [0.05, 0.1) is 0 Å². The summed E-state index contributed by atoms with van der Waals surface area (Å²) in [5, 5.41) is 3.09. The van der Waals surface area contributed by atoms with Crippen LogP contribution in [0.15, 0.2) is 0 Å². The Bertz CT molecular complexity index is 276. The van der Waals surface area contributed by atoms with Crippen LogP contribution in [0.5, 0.6) is 0 Å². The van der Waals surface area contributed by atoms with Crippen LogP contribution in [0, 0.1) is 0 Å². The molecule has 18 heavy (non-hydrogen) atoms. The highest BCUT2D eigenvalue weighted by Gasteiger charge is 2.36. The first-order chi connectivity index (χ1) is 8.22. The number of ether oxygens (including phenoxy) is 1. The third kappa shape index (κ3) is 5.25. The van der Waals surface area contributed by atoms with E-state index in [2.05, 4.69) is 5.32 Å². The lowest BCUT2D eigenvalue weighted by Crippen LogP contribution is -2.48. The molecule has 0 radical (unpaired) electrons. The molecule has 1 atom stereocenters. The van der Waals surface area contributed by atoms with Gasteiger partial charge in [0.25, 0.3) is 0 Å². The smallest absolute Gasteiger partial charge is 0.408 e. The maximum absolute atomic E-state index is 11.9. The van der Waals surface area contributed by atoms with Crippen molar-refractivity contribution in [3.05, 3.63) is 0 Å². The Hall–Kier alpha value is -0.770. The first kappa shape index (κ1) is 15.3. The second kappa shape index (κ2) is 5.91. The third-order valence-corrected chi connectivity index (χ3v) is 3.41. The molecular weight excluding hydrogens is 228 g/mol. The molecule has 1 aliphatic carbocycles. The van der Waals surface area contributed by atoms with Gasteiger partial charge in [0, 0.05) is 11.6 Å². The predicted molar refractivity (Wildman–Crippen MR) is 73.5 cm³/mol. The van der Waals surface area contributed by atoms with Crippen molar-refractivity contribution in [2.24, 2.45) is 5.73 Å². The number of carbonyl (C=O) groups excluding carboxylic acids is 1. The van der Waals surface area contributed by atoms with Gasteiger partial charge in [-0.2, -0.15) is 0 Å². The minimum Gasteiger partial charge on any atom is -0.444 e. The van der Waals surface area contributed by atoms with E-state index in [4.69, 9.17) is 10.5 Å². The molecule has 1 fully saturated rings. The van der Waals surface area contributed by atoms with Crippen LogP contribution in [-0.2, 0) is 4.74 Å². The molecule has 0 aromatic rings. The van der Waals surface area contributed by atoms with E-state index in [1.165, 1.54) is 12.8 Å². The van der Waals surface area contributed by atoms with Crippen LogP contribution >= 0.6 is 0 Å². The number of nitrogens with one attached hydrogen (secondary N) is 1. The van der Waals surface area contributed by atoms with Crippen molar-refractivity contribution in [1.82, 2.24) is 5.32 Å². The Balaban J connectivity index is 2.54. The predicted octanol–water partition coefficient (Wildman–Crippen LogP) is 2.95. The molecule has 0 aromatic carbocycles. The molecule has 4 heteroatoms. The maximum Gasteiger partial charge on any atom is 0.408 e. The lowest BCUT2D eigenvalue weighted by molar-refractivity contribution is 0.0448. The first-order valence-electron chi connectivity index (χ1n) is 6.99. The van der Waals surface area contributed by atoms with E-state index >= 15 is 0 Å². The van der Waals surface area contributed by atoms with E-state index in [1.807, 2.05) is 27.7 Å². The van der Waals surface area contributed by atoms with Gasteiger partial charge in [0.2, 0.25) is 0 Å². The number of hydrogen-bond acceptors (Lipinski definition) is 3. The van der Waals surface area contributed by atoms with Gasteiger partial charge >= 0.3 is 6.09 Å². The van der Waals surface area contributed by atoms with Gasteiger partial charge in [-0.15, -0.1) is 0 Å². The lowest BCUT2D eigenvalue weighted by atomic mass is 9.90. The summed E-state index contributed by atoms with van der Waals surface area (Å²) in [6, 6.07) is 0.183.